The smallest absolute Gasteiger partial charge is 0.229 e. The van der Waals surface area contributed by atoms with Crippen LogP contribution in [0.4, 0.5) is 41.1 Å². The second-order valence-corrected chi connectivity index (χ2v) is 20.6. The summed E-state index contributed by atoms with van der Waals surface area (Å²) in [7, 11) is 4.20. The van der Waals surface area contributed by atoms with E-state index in [1.165, 1.54) is 23.3 Å². The van der Waals surface area contributed by atoms with Crippen LogP contribution in [0.3, 0.4) is 0 Å². The third kappa shape index (κ3) is 11.0. The molecule has 21 heteroatoms. The van der Waals surface area contributed by atoms with E-state index in [0.29, 0.717) is 63.0 Å². The van der Waals surface area contributed by atoms with Crippen molar-refractivity contribution in [1.82, 2.24) is 63.7 Å². The Morgan fingerprint density at radius 1 is 0.613 bits per heavy atom. The first-order valence-corrected chi connectivity index (χ1v) is 25.4. The lowest BCUT2D eigenvalue weighted by molar-refractivity contribution is 0.180. The summed E-state index contributed by atoms with van der Waals surface area (Å²) < 4.78 is 63.8. The van der Waals surface area contributed by atoms with Crippen LogP contribution in [-0.2, 0) is 25.9 Å². The average molecular weight is 1050 g/mol. The molecule has 392 valence electrons. The van der Waals surface area contributed by atoms with Crippen LogP contribution in [0.5, 0.6) is 0 Å². The number of likely N-dealkylation sites (N-methyl/N-ethyl adjacent to an activating group) is 1. The van der Waals surface area contributed by atoms with Crippen molar-refractivity contribution in [2.45, 2.75) is 103 Å². The summed E-state index contributed by atoms with van der Waals surface area (Å²) >= 11 is 0. The van der Waals surface area contributed by atoms with Crippen molar-refractivity contribution in [3.05, 3.63) is 118 Å². The number of anilines is 4. The maximum absolute atomic E-state index is 15.0. The maximum atomic E-state index is 15.0. The molecular weight excluding hydrogens is 984 g/mol. The fourth-order valence-electron chi connectivity index (χ4n) is 10.2. The lowest BCUT2D eigenvalue weighted by atomic mass is 10.0. The minimum absolute atomic E-state index is 0. The summed E-state index contributed by atoms with van der Waals surface area (Å²) in [5.41, 5.74) is 13.1. The van der Waals surface area contributed by atoms with Crippen LogP contribution in [0.15, 0.2) is 60.9 Å². The quantitative estimate of drug-likeness (QED) is 0.0932. The molecule has 4 aliphatic rings. The number of nitrogens with two attached hydrogens (primary N) is 1. The summed E-state index contributed by atoms with van der Waals surface area (Å²) in [5.74, 6) is 0.877. The van der Waals surface area contributed by atoms with E-state index in [1.54, 1.807) is 12.1 Å². The average Bonchev–Trinajstić information content (AvgIpc) is 4.32. The van der Waals surface area contributed by atoms with Crippen molar-refractivity contribution >= 4 is 58.0 Å². The Hall–Kier alpha value is -6.71. The molecule has 2 atom stereocenters. The third-order valence-corrected chi connectivity index (χ3v) is 14.4. The fraction of sp³-hybridized carbons (Fsp3) is 0.407. The largest absolute Gasteiger partial charge is 0.327 e. The first-order chi connectivity index (χ1) is 35.6. The monoisotopic (exact) mass is 1040 g/mol. The minimum atomic E-state index is -0.624. The molecule has 8 aromatic rings. The summed E-state index contributed by atoms with van der Waals surface area (Å²) in [6.07, 6.45) is 8.02. The highest BCUT2D eigenvalue weighted by molar-refractivity contribution is 5.86. The van der Waals surface area contributed by atoms with Gasteiger partial charge in [0.05, 0.1) is 23.4 Å². The molecule has 2 aromatic carbocycles. The van der Waals surface area contributed by atoms with Crippen LogP contribution in [0, 0.1) is 37.1 Å². The molecule has 12 rings (SSSR count). The van der Waals surface area contributed by atoms with Crippen molar-refractivity contribution in [2.24, 2.45) is 5.73 Å². The first-order valence-electron chi connectivity index (χ1n) is 25.4. The lowest BCUT2D eigenvalue weighted by Gasteiger charge is -2.32. The number of imidazole rings is 2. The minimum Gasteiger partial charge on any atom is -0.327 e. The fourth-order valence-corrected chi connectivity index (χ4v) is 10.2. The van der Waals surface area contributed by atoms with Gasteiger partial charge in [0.15, 0.2) is 23.3 Å². The van der Waals surface area contributed by atoms with Gasteiger partial charge in [-0.25, -0.2) is 57.4 Å². The number of pyridine rings is 2. The van der Waals surface area contributed by atoms with Gasteiger partial charge >= 0.3 is 0 Å². The number of fused-ring (bicyclic) bond motifs is 4. The molecule has 0 bridgehead atoms. The zero-order valence-corrected chi connectivity index (χ0v) is 43.7. The van der Waals surface area contributed by atoms with E-state index in [0.717, 1.165) is 113 Å². The van der Waals surface area contributed by atoms with Crippen molar-refractivity contribution in [1.29, 1.82) is 0 Å². The van der Waals surface area contributed by atoms with E-state index >= 15 is 4.39 Å². The van der Waals surface area contributed by atoms with Crippen LogP contribution in [0.1, 0.15) is 85.8 Å². The summed E-state index contributed by atoms with van der Waals surface area (Å²) in [4.78, 5) is 42.3. The van der Waals surface area contributed by atoms with Gasteiger partial charge in [-0.05, 0) is 115 Å². The van der Waals surface area contributed by atoms with E-state index < -0.39 is 23.3 Å². The van der Waals surface area contributed by atoms with E-state index in [4.69, 9.17) is 15.7 Å². The number of rotatable bonds is 13. The van der Waals surface area contributed by atoms with Gasteiger partial charge in [-0.3, -0.25) is 9.80 Å². The number of hydrogen-bond acceptors (Lipinski definition) is 14. The van der Waals surface area contributed by atoms with Gasteiger partial charge in [0.25, 0.3) is 0 Å². The lowest BCUT2D eigenvalue weighted by Crippen LogP contribution is -2.41. The highest BCUT2D eigenvalue weighted by Gasteiger charge is 2.30. The number of nitrogens with zero attached hydrogens (tertiary/aromatic N) is 13. The van der Waals surface area contributed by atoms with Crippen LogP contribution in [0.2, 0.25) is 0 Å². The molecule has 4 N–H and O–H groups in total. The molecule has 2 saturated carbocycles. The topological polar surface area (TPSA) is 173 Å². The normalized spacial score (nSPS) is 16.5. The van der Waals surface area contributed by atoms with Gasteiger partial charge in [0, 0.05) is 98.8 Å². The Morgan fingerprint density at radius 2 is 1.05 bits per heavy atom. The second-order valence-electron chi connectivity index (χ2n) is 20.6. The summed E-state index contributed by atoms with van der Waals surface area (Å²) in [6, 6.07) is 15.2. The molecule has 0 amide bonds. The molecule has 2 aliphatic carbocycles. The SMILES string of the molecule is Cc1nc2c(F)cc(-c3nc(Nc4ccc5c(n4)CCN(C[C@@H](C)N(C)C)C5)ncc3F)cc2n1C1CC1.Cc1nc2c(F)cc(-c3nc(Nc4ccc5c(n4)CCN(C[C@H](C)N)C5)ncc3F)cc2n1C1CC1.Cl. The number of benzene rings is 2. The highest BCUT2D eigenvalue weighted by atomic mass is 35.5. The third-order valence-electron chi connectivity index (χ3n) is 14.4. The number of aromatic nitrogens is 10. The molecule has 0 unspecified atom stereocenters. The van der Waals surface area contributed by atoms with E-state index in [2.05, 4.69) is 82.3 Å². The van der Waals surface area contributed by atoms with Crippen molar-refractivity contribution in [3.63, 3.8) is 0 Å². The predicted octanol–water partition coefficient (Wildman–Crippen LogP) is 9.54. The van der Waals surface area contributed by atoms with Gasteiger partial charge in [0.1, 0.15) is 45.7 Å². The molecular formula is C54H61ClF4N16. The number of hydrogen-bond donors (Lipinski definition) is 3. The number of halogens is 5. The molecule has 2 fully saturated rings. The molecule has 2 aliphatic heterocycles. The second kappa shape index (κ2) is 21.1. The number of aryl methyl sites for hydroxylation is 2. The molecule has 0 saturated heterocycles. The molecule has 0 spiro atoms. The van der Waals surface area contributed by atoms with Gasteiger partial charge in [-0.15, -0.1) is 12.4 Å². The molecule has 6 aromatic heterocycles. The Morgan fingerprint density at radius 3 is 1.47 bits per heavy atom. The van der Waals surface area contributed by atoms with Crippen molar-refractivity contribution in [3.8, 4) is 22.5 Å². The zero-order valence-electron chi connectivity index (χ0n) is 42.9. The van der Waals surface area contributed by atoms with Gasteiger partial charge < -0.3 is 30.4 Å². The zero-order chi connectivity index (χ0) is 51.5. The summed E-state index contributed by atoms with van der Waals surface area (Å²) in [5, 5.41) is 6.20. The van der Waals surface area contributed by atoms with Gasteiger partial charge in [-0.1, -0.05) is 12.1 Å². The Labute approximate surface area is 438 Å². The standard InChI is InChI=1S/C28H32F2N8.C26H28F2N8.ClH/c1-16(36(3)4)14-37-10-9-23-18(15-37)5-8-25(33-23)34-28-31-13-22(30)26(35-28)19-11-21(29)27-24(12-19)38(17(2)32-27)20-6-7-20;1-14(29)12-35-8-7-21-16(13-35)3-6-23(32-21)33-26-30-11-20(28)24(34-26)17-9-19(27)25-22(10-17)36(15(2)31-25)18-4-5-18;/h5,8,11-13,16,20H,6-7,9-10,14-15H2,1-4H3,(H,31,33,34,35);3,6,9-11,14,18H,4-5,7-8,12-13,29H2,1-2H3,(H,30,32,33,34);1H/t16-;14-;/m10./s1. The number of nitrogens with one attached hydrogen (secondary N) is 2. The predicted molar refractivity (Wildman–Crippen MR) is 284 cm³/mol. The van der Waals surface area contributed by atoms with Crippen LogP contribution in [0.25, 0.3) is 44.6 Å². The van der Waals surface area contributed by atoms with Gasteiger partial charge in [-0.2, -0.15) is 0 Å². The van der Waals surface area contributed by atoms with Crippen molar-refractivity contribution < 1.29 is 17.6 Å². The van der Waals surface area contributed by atoms with E-state index in [-0.39, 0.29) is 41.7 Å². The molecule has 16 nitrogen and oxygen atoms in total. The van der Waals surface area contributed by atoms with Crippen LogP contribution < -0.4 is 16.4 Å². The van der Waals surface area contributed by atoms with Crippen molar-refractivity contribution in [2.75, 3.05) is 50.9 Å². The molecule has 75 heavy (non-hydrogen) atoms. The summed E-state index contributed by atoms with van der Waals surface area (Å²) in [6.45, 7) is 13.3. The van der Waals surface area contributed by atoms with Crippen LogP contribution in [-0.4, -0.2) is 116 Å². The Kier molecular flexibility index (Phi) is 14.6. The van der Waals surface area contributed by atoms with E-state index in [1.807, 2.05) is 48.1 Å². The van der Waals surface area contributed by atoms with Crippen LogP contribution >= 0.6 is 12.4 Å². The van der Waals surface area contributed by atoms with E-state index in [9.17, 15) is 13.2 Å². The Bertz CT molecular complexity index is 3430. The molecule has 8 heterocycles. The Balaban J connectivity index is 0.000000169. The molecule has 0 radical (unpaired) electrons. The van der Waals surface area contributed by atoms with Gasteiger partial charge in [0.2, 0.25) is 11.9 Å². The first kappa shape index (κ1) is 51.8. The maximum Gasteiger partial charge on any atom is 0.229 e. The highest BCUT2D eigenvalue weighted by Crippen LogP contribution is 2.41.